The molecule has 2 aromatic rings. The first-order chi connectivity index (χ1) is 7.36. The van der Waals surface area contributed by atoms with Crippen LogP contribution in [0.3, 0.4) is 0 Å². The van der Waals surface area contributed by atoms with E-state index < -0.39 is 0 Å². The van der Waals surface area contributed by atoms with Crippen molar-refractivity contribution >= 4 is 11.5 Å². The summed E-state index contributed by atoms with van der Waals surface area (Å²) >= 11 is 0. The third-order valence-corrected chi connectivity index (χ3v) is 1.97. The van der Waals surface area contributed by atoms with E-state index in [0.717, 1.165) is 11.4 Å². The Morgan fingerprint density at radius 3 is 2.33 bits per heavy atom. The van der Waals surface area contributed by atoms with E-state index in [4.69, 9.17) is 0 Å². The van der Waals surface area contributed by atoms with Crippen molar-refractivity contribution < 1.29 is 0 Å². The molecular formula is C12H11N3. The maximum atomic E-state index is 4.37. The van der Waals surface area contributed by atoms with Crippen LogP contribution >= 0.6 is 0 Å². The smallest absolute Gasteiger partial charge is 0.152 e. The molecule has 0 aliphatic rings. The van der Waals surface area contributed by atoms with Gasteiger partial charge in [0, 0.05) is 12.4 Å². The standard InChI is InChI=1S/C12H11N3/c1-10(11-6-2-4-8-13-11)15-12-7-3-5-9-14-12/h2-9H,1H3. The second-order valence-electron chi connectivity index (χ2n) is 3.10. The SMILES string of the molecule is CC(=Nc1ccccn1)c1ccccn1. The number of nitrogens with zero attached hydrogens (tertiary/aromatic N) is 3. The Morgan fingerprint density at radius 1 is 1.00 bits per heavy atom. The number of aromatic nitrogens is 2. The van der Waals surface area contributed by atoms with Crippen LogP contribution in [0, 0.1) is 0 Å². The minimum Gasteiger partial charge on any atom is -0.255 e. The van der Waals surface area contributed by atoms with Gasteiger partial charge in [0.1, 0.15) is 0 Å². The fraction of sp³-hybridized carbons (Fsp3) is 0.0833. The van der Waals surface area contributed by atoms with E-state index in [1.807, 2.05) is 43.3 Å². The highest BCUT2D eigenvalue weighted by Gasteiger charge is 1.97. The summed E-state index contributed by atoms with van der Waals surface area (Å²) in [6.45, 7) is 1.93. The molecule has 2 rings (SSSR count). The number of pyridine rings is 2. The van der Waals surface area contributed by atoms with Crippen LogP contribution in [0.15, 0.2) is 53.8 Å². The van der Waals surface area contributed by atoms with Crippen LogP contribution in [0.5, 0.6) is 0 Å². The lowest BCUT2D eigenvalue weighted by atomic mass is 10.2. The topological polar surface area (TPSA) is 38.1 Å². The highest BCUT2D eigenvalue weighted by molar-refractivity contribution is 5.98. The molecule has 0 bridgehead atoms. The molecule has 0 atom stereocenters. The van der Waals surface area contributed by atoms with Crippen LogP contribution < -0.4 is 0 Å². The van der Waals surface area contributed by atoms with Crippen LogP contribution in [0.4, 0.5) is 5.82 Å². The Hall–Kier alpha value is -2.03. The summed E-state index contributed by atoms with van der Waals surface area (Å²) in [4.78, 5) is 12.7. The normalized spacial score (nSPS) is 11.4. The zero-order valence-corrected chi connectivity index (χ0v) is 8.46. The van der Waals surface area contributed by atoms with Crippen molar-refractivity contribution in [3.05, 3.63) is 54.5 Å². The molecule has 0 aromatic carbocycles. The van der Waals surface area contributed by atoms with E-state index in [0.29, 0.717) is 5.82 Å². The molecule has 0 unspecified atom stereocenters. The average Bonchev–Trinajstić information content (AvgIpc) is 2.31. The molecule has 0 spiro atoms. The fourth-order valence-electron chi connectivity index (χ4n) is 1.23. The van der Waals surface area contributed by atoms with Gasteiger partial charge in [-0.3, -0.25) is 4.98 Å². The van der Waals surface area contributed by atoms with Gasteiger partial charge in [-0.05, 0) is 31.2 Å². The molecule has 0 fully saturated rings. The van der Waals surface area contributed by atoms with E-state index in [2.05, 4.69) is 15.0 Å². The number of rotatable bonds is 2. The van der Waals surface area contributed by atoms with Gasteiger partial charge in [-0.25, -0.2) is 9.98 Å². The Kier molecular flexibility index (Phi) is 2.83. The lowest BCUT2D eigenvalue weighted by Crippen LogP contribution is -1.96. The maximum absolute atomic E-state index is 4.37. The predicted octanol–water partition coefficient (Wildman–Crippen LogP) is 2.62. The van der Waals surface area contributed by atoms with Crippen LogP contribution in [-0.4, -0.2) is 15.7 Å². The van der Waals surface area contributed by atoms with Gasteiger partial charge in [0.25, 0.3) is 0 Å². The first-order valence-electron chi connectivity index (χ1n) is 4.74. The van der Waals surface area contributed by atoms with E-state index in [1.54, 1.807) is 12.4 Å². The molecule has 3 heteroatoms. The lowest BCUT2D eigenvalue weighted by Gasteiger charge is -1.98. The lowest BCUT2D eigenvalue weighted by molar-refractivity contribution is 1.24. The summed E-state index contributed by atoms with van der Waals surface area (Å²) in [5.74, 6) is 0.709. The van der Waals surface area contributed by atoms with Gasteiger partial charge in [-0.15, -0.1) is 0 Å². The largest absolute Gasteiger partial charge is 0.255 e. The molecule has 0 saturated heterocycles. The van der Waals surface area contributed by atoms with E-state index in [9.17, 15) is 0 Å². The quantitative estimate of drug-likeness (QED) is 0.694. The van der Waals surface area contributed by atoms with Gasteiger partial charge in [0.05, 0.1) is 11.4 Å². The molecule has 74 valence electrons. The van der Waals surface area contributed by atoms with Gasteiger partial charge in [0.2, 0.25) is 0 Å². The third-order valence-electron chi connectivity index (χ3n) is 1.97. The van der Waals surface area contributed by atoms with Crippen molar-refractivity contribution in [3.8, 4) is 0 Å². The summed E-state index contributed by atoms with van der Waals surface area (Å²) in [6.07, 6.45) is 3.48. The Bertz CT molecular complexity index is 449. The minimum atomic E-state index is 0.709. The summed E-state index contributed by atoms with van der Waals surface area (Å²) < 4.78 is 0. The van der Waals surface area contributed by atoms with Gasteiger partial charge >= 0.3 is 0 Å². The monoisotopic (exact) mass is 197 g/mol. The van der Waals surface area contributed by atoms with E-state index in [1.165, 1.54) is 0 Å². The van der Waals surface area contributed by atoms with Gasteiger partial charge in [-0.1, -0.05) is 12.1 Å². The second-order valence-corrected chi connectivity index (χ2v) is 3.10. The molecule has 0 amide bonds. The molecule has 2 heterocycles. The van der Waals surface area contributed by atoms with Crippen LogP contribution in [0.2, 0.25) is 0 Å². The molecule has 0 aliphatic heterocycles. The molecule has 3 nitrogen and oxygen atoms in total. The van der Waals surface area contributed by atoms with Crippen LogP contribution in [0.25, 0.3) is 0 Å². The van der Waals surface area contributed by atoms with Crippen molar-refractivity contribution in [3.63, 3.8) is 0 Å². The maximum Gasteiger partial charge on any atom is 0.152 e. The van der Waals surface area contributed by atoms with Crippen molar-refractivity contribution in [2.45, 2.75) is 6.92 Å². The third kappa shape index (κ3) is 2.47. The van der Waals surface area contributed by atoms with Gasteiger partial charge in [0.15, 0.2) is 5.82 Å². The number of hydrogen-bond donors (Lipinski definition) is 0. The molecular weight excluding hydrogens is 186 g/mol. The molecule has 2 aromatic heterocycles. The molecule has 0 saturated carbocycles. The fourth-order valence-corrected chi connectivity index (χ4v) is 1.23. The van der Waals surface area contributed by atoms with Crippen LogP contribution in [0.1, 0.15) is 12.6 Å². The Morgan fingerprint density at radius 2 is 1.73 bits per heavy atom. The summed E-state index contributed by atoms with van der Waals surface area (Å²) in [6, 6.07) is 11.4. The molecule has 15 heavy (non-hydrogen) atoms. The summed E-state index contributed by atoms with van der Waals surface area (Å²) in [5.41, 5.74) is 1.75. The summed E-state index contributed by atoms with van der Waals surface area (Å²) in [7, 11) is 0. The zero-order chi connectivity index (χ0) is 10.5. The highest BCUT2D eigenvalue weighted by atomic mass is 14.9. The highest BCUT2D eigenvalue weighted by Crippen LogP contribution is 2.08. The van der Waals surface area contributed by atoms with Crippen LogP contribution in [-0.2, 0) is 0 Å². The first-order valence-corrected chi connectivity index (χ1v) is 4.74. The average molecular weight is 197 g/mol. The van der Waals surface area contributed by atoms with E-state index in [-0.39, 0.29) is 0 Å². The molecule has 0 N–H and O–H groups in total. The van der Waals surface area contributed by atoms with Gasteiger partial charge < -0.3 is 0 Å². The molecule has 0 aliphatic carbocycles. The Balaban J connectivity index is 2.29. The zero-order valence-electron chi connectivity index (χ0n) is 8.46. The van der Waals surface area contributed by atoms with Crippen molar-refractivity contribution in [1.29, 1.82) is 0 Å². The predicted molar refractivity (Wildman–Crippen MR) is 60.3 cm³/mol. The number of aliphatic imine (C=N–C) groups is 1. The summed E-state index contributed by atoms with van der Waals surface area (Å²) in [5, 5.41) is 0. The number of hydrogen-bond acceptors (Lipinski definition) is 3. The van der Waals surface area contributed by atoms with Crippen molar-refractivity contribution in [2.75, 3.05) is 0 Å². The second kappa shape index (κ2) is 4.46. The van der Waals surface area contributed by atoms with Gasteiger partial charge in [-0.2, -0.15) is 0 Å². The van der Waals surface area contributed by atoms with Crippen molar-refractivity contribution in [2.24, 2.45) is 4.99 Å². The first kappa shape index (κ1) is 9.52. The van der Waals surface area contributed by atoms with Crippen molar-refractivity contribution in [1.82, 2.24) is 9.97 Å². The Labute approximate surface area is 88.6 Å². The molecule has 0 radical (unpaired) electrons. The van der Waals surface area contributed by atoms with E-state index >= 15 is 0 Å². The minimum absolute atomic E-state index is 0.709.